The van der Waals surface area contributed by atoms with Crippen LogP contribution in [0.2, 0.25) is 0 Å². The summed E-state index contributed by atoms with van der Waals surface area (Å²) in [5.74, 6) is 0. The molecule has 3 radical (unpaired) electrons. The minimum Gasteiger partial charge on any atom is -0.512 e. The molecule has 1 aliphatic heterocycles. The van der Waals surface area contributed by atoms with Crippen molar-refractivity contribution in [2.24, 2.45) is 17.2 Å². The van der Waals surface area contributed by atoms with E-state index in [1.165, 1.54) is 12.8 Å². The Labute approximate surface area is 275 Å². The summed E-state index contributed by atoms with van der Waals surface area (Å²) in [6, 6.07) is 0. The summed E-state index contributed by atoms with van der Waals surface area (Å²) in [6.07, 6.45) is -3.55. The second-order valence-electron chi connectivity index (χ2n) is 9.77. The van der Waals surface area contributed by atoms with Gasteiger partial charge in [0, 0.05) is 15.0 Å². The van der Waals surface area contributed by atoms with E-state index < -0.39 is 61.7 Å². The van der Waals surface area contributed by atoms with Gasteiger partial charge in [-0.2, -0.15) is 0 Å². The van der Waals surface area contributed by atoms with E-state index in [0.717, 1.165) is 51.6 Å². The number of hydrogen-bond donors (Lipinski definition) is 11. The SMILES string of the molecule is CCC1O[C@H](OCC(O)[C@@H](O)[C@@H](O)C(O)CNCCCCCCN)C(O)[C@H](O)[C@@H]1O.NCCCCCCN.[B].[C-]#N.[Na+]. The van der Waals surface area contributed by atoms with Crippen molar-refractivity contribution in [3.8, 4) is 0 Å². The Morgan fingerprint density at radius 3 is 1.67 bits per heavy atom. The van der Waals surface area contributed by atoms with Crippen molar-refractivity contribution < 1.29 is 74.8 Å². The second-order valence-corrected chi connectivity index (χ2v) is 9.77. The molecule has 0 saturated carbocycles. The van der Waals surface area contributed by atoms with Crippen LogP contribution in [0.5, 0.6) is 0 Å². The van der Waals surface area contributed by atoms with Crippen LogP contribution in [0.3, 0.4) is 0 Å². The molecule has 16 heteroatoms. The molecular weight excluding hydrogens is 560 g/mol. The largest absolute Gasteiger partial charge is 1.00 e. The molecule has 0 amide bonds. The molecule has 14 N–H and O–H groups in total. The van der Waals surface area contributed by atoms with Gasteiger partial charge >= 0.3 is 29.6 Å². The fourth-order valence-corrected chi connectivity index (χ4v) is 3.90. The Hall–Kier alpha value is 0.0349. The van der Waals surface area contributed by atoms with Crippen molar-refractivity contribution in [3.05, 3.63) is 6.57 Å². The van der Waals surface area contributed by atoms with Gasteiger partial charge in [-0.25, -0.2) is 0 Å². The summed E-state index contributed by atoms with van der Waals surface area (Å²) < 4.78 is 10.6. The number of nitrogens with zero attached hydrogens (tertiary/aromatic N) is 1. The number of hydrogen-bond acceptors (Lipinski definition) is 14. The van der Waals surface area contributed by atoms with Gasteiger partial charge in [0.1, 0.15) is 36.6 Å². The fourth-order valence-electron chi connectivity index (χ4n) is 3.90. The normalized spacial score (nSPS) is 24.3. The van der Waals surface area contributed by atoms with Gasteiger partial charge in [0.15, 0.2) is 6.29 Å². The van der Waals surface area contributed by atoms with Crippen LogP contribution in [0, 0.1) is 11.8 Å². The minimum absolute atomic E-state index is 0. The van der Waals surface area contributed by atoms with Crippen molar-refractivity contribution in [3.63, 3.8) is 0 Å². The Bertz CT molecular complexity index is 588. The molecule has 0 spiro atoms. The van der Waals surface area contributed by atoms with Gasteiger partial charge in [-0.1, -0.05) is 32.6 Å². The first-order valence-corrected chi connectivity index (χ1v) is 14.2. The van der Waals surface area contributed by atoms with E-state index in [1.54, 1.807) is 6.92 Å². The number of nitrogens with one attached hydrogen (secondary N) is 1. The van der Waals surface area contributed by atoms with Crippen LogP contribution in [0.25, 0.3) is 0 Å². The summed E-state index contributed by atoms with van der Waals surface area (Å²) in [5.41, 5.74) is 16.0. The summed E-state index contributed by atoms with van der Waals surface area (Å²) in [7, 11) is 0. The minimum atomic E-state index is -1.70. The maximum absolute atomic E-state index is 10.1. The number of aliphatic hydroxyl groups excluding tert-OH is 7. The molecule has 14 nitrogen and oxygen atoms in total. The van der Waals surface area contributed by atoms with E-state index in [1.807, 2.05) is 0 Å². The topological polar surface area (TPSA) is 274 Å². The number of nitrogens with two attached hydrogens (primary N) is 3. The molecule has 0 aromatic heterocycles. The predicted molar refractivity (Wildman–Crippen MR) is 155 cm³/mol. The molecule has 243 valence electrons. The molecule has 0 bridgehead atoms. The first kappa shape index (κ1) is 48.9. The molecule has 4 unspecified atom stereocenters. The van der Waals surface area contributed by atoms with Crippen LogP contribution in [0.15, 0.2) is 0 Å². The first-order chi connectivity index (χ1) is 19.2. The first-order valence-electron chi connectivity index (χ1n) is 14.2. The Balaban J connectivity index is -0.000000519. The molecule has 0 aliphatic carbocycles. The third-order valence-electron chi connectivity index (χ3n) is 6.46. The average Bonchev–Trinajstić information content (AvgIpc) is 2.97. The number of unbranched alkanes of at least 4 members (excludes halogenated alkanes) is 6. The van der Waals surface area contributed by atoms with Crippen molar-refractivity contribution in [2.75, 3.05) is 39.3 Å². The van der Waals surface area contributed by atoms with Crippen molar-refractivity contribution in [2.45, 2.75) is 120 Å². The van der Waals surface area contributed by atoms with E-state index in [2.05, 4.69) is 5.32 Å². The Kier molecular flexibility index (Phi) is 37.8. The van der Waals surface area contributed by atoms with E-state index in [0.29, 0.717) is 19.5 Å². The van der Waals surface area contributed by atoms with Gasteiger partial charge in [0.05, 0.1) is 18.8 Å². The molecule has 1 aliphatic rings. The van der Waals surface area contributed by atoms with Crippen molar-refractivity contribution in [1.82, 2.24) is 5.32 Å². The zero-order chi connectivity index (χ0) is 30.9. The Morgan fingerprint density at radius 2 is 1.21 bits per heavy atom. The third-order valence-corrected chi connectivity index (χ3v) is 6.46. The van der Waals surface area contributed by atoms with E-state index in [9.17, 15) is 35.7 Å². The van der Waals surface area contributed by atoms with E-state index in [4.69, 9.17) is 38.5 Å². The molecule has 0 aromatic carbocycles. The van der Waals surface area contributed by atoms with Gasteiger partial charge in [0.25, 0.3) is 0 Å². The maximum atomic E-state index is 10.1. The van der Waals surface area contributed by atoms with Gasteiger partial charge in [0.2, 0.25) is 0 Å². The summed E-state index contributed by atoms with van der Waals surface area (Å²) >= 11 is 0. The van der Waals surface area contributed by atoms with Crippen LogP contribution in [0.4, 0.5) is 0 Å². The van der Waals surface area contributed by atoms with Crippen LogP contribution in [-0.2, 0) is 9.47 Å². The molecular formula is C26H56BN5NaO9. The zero-order valence-electron chi connectivity index (χ0n) is 25.5. The van der Waals surface area contributed by atoms with Crippen molar-refractivity contribution >= 4 is 8.41 Å². The molecule has 1 fully saturated rings. The summed E-state index contributed by atoms with van der Waals surface area (Å²) in [5, 5.41) is 79.0. The van der Waals surface area contributed by atoms with Gasteiger partial charge in [-0.15, -0.1) is 0 Å². The van der Waals surface area contributed by atoms with Crippen LogP contribution >= 0.6 is 0 Å². The summed E-state index contributed by atoms with van der Waals surface area (Å²) in [4.78, 5) is 0. The molecule has 1 rings (SSSR count). The quantitative estimate of drug-likeness (QED) is 0.0345. The summed E-state index contributed by atoms with van der Waals surface area (Å²) in [6.45, 7) is 8.93. The average molecular weight is 617 g/mol. The third kappa shape index (κ3) is 21.7. The van der Waals surface area contributed by atoms with Gasteiger partial charge in [-0.05, 0) is 58.3 Å². The fraction of sp³-hybridized carbons (Fsp3) is 0.962. The predicted octanol–water partition coefficient (Wildman–Crippen LogP) is -6.04. The van der Waals surface area contributed by atoms with Gasteiger partial charge < -0.3 is 79.6 Å². The number of rotatable bonds is 20. The molecule has 42 heavy (non-hydrogen) atoms. The maximum Gasteiger partial charge on any atom is 1.00 e. The van der Waals surface area contributed by atoms with Crippen LogP contribution < -0.4 is 52.1 Å². The monoisotopic (exact) mass is 616 g/mol. The standard InChI is InChI=1S/C19H40N2O9.C6H16N2.CN.B.Na/c1-2-13-16(26)17(27)18(28)19(30-13)29-10-12(23)15(25)14(24)11(22)9-21-8-6-4-3-5-7-20;7-5-3-1-2-4-6-8;1-2;;/h11-19,21-28H,2-10,20H2,1H3;1-8H2;;;/q;;-1;;+1/t11?,12?,13?,14-,15+,16+,17+,18?,19-;;;;/m0..../s1. The van der Waals surface area contributed by atoms with Crippen LogP contribution in [0.1, 0.15) is 64.7 Å². The van der Waals surface area contributed by atoms with Gasteiger partial charge in [-0.3, -0.25) is 0 Å². The Morgan fingerprint density at radius 1 is 0.762 bits per heavy atom. The smallest absolute Gasteiger partial charge is 0.512 e. The number of ether oxygens (including phenoxy) is 2. The van der Waals surface area contributed by atoms with E-state index >= 15 is 0 Å². The van der Waals surface area contributed by atoms with Crippen LogP contribution in [-0.4, -0.2) is 139 Å². The van der Waals surface area contributed by atoms with E-state index in [-0.39, 0.29) is 44.5 Å². The number of aliphatic hydroxyl groups is 7. The molecule has 0 aromatic rings. The van der Waals surface area contributed by atoms with Crippen molar-refractivity contribution in [1.29, 1.82) is 5.26 Å². The molecule has 1 saturated heterocycles. The molecule has 1 heterocycles. The molecule has 9 atom stereocenters. The second kappa shape index (κ2) is 32.4. The zero-order valence-corrected chi connectivity index (χ0v) is 27.5.